The van der Waals surface area contributed by atoms with E-state index < -0.39 is 0 Å². The maximum absolute atomic E-state index is 6.47. The van der Waals surface area contributed by atoms with Gasteiger partial charge in [-0.25, -0.2) is 0 Å². The summed E-state index contributed by atoms with van der Waals surface area (Å²) in [6.45, 7) is 5.02. The highest BCUT2D eigenvalue weighted by Gasteiger charge is 2.21. The fraction of sp³-hybridized carbons (Fsp3) is 0.400. The van der Waals surface area contributed by atoms with Crippen LogP contribution in [0.25, 0.3) is 0 Å². The van der Waals surface area contributed by atoms with Crippen molar-refractivity contribution < 1.29 is 4.74 Å². The molecule has 0 saturated heterocycles. The summed E-state index contributed by atoms with van der Waals surface area (Å²) in [5.74, 6) is 0.805. The number of methoxy groups -OCH3 is 1. The Morgan fingerprint density at radius 3 is 2.85 bits per heavy atom. The molecular weight excluding hydrogens is 318 g/mol. The second kappa shape index (κ2) is 6.41. The van der Waals surface area contributed by atoms with Crippen LogP contribution >= 0.6 is 15.9 Å². The second-order valence-corrected chi connectivity index (χ2v) is 5.68. The molecular formula is C15H20BrN3O. The number of hydrogen-bond donors (Lipinski definition) is 1. The molecule has 20 heavy (non-hydrogen) atoms. The molecule has 2 rings (SSSR count). The van der Waals surface area contributed by atoms with Gasteiger partial charge in [0.2, 0.25) is 0 Å². The Balaban J connectivity index is 2.48. The summed E-state index contributed by atoms with van der Waals surface area (Å²) in [5, 5.41) is 4.38. The Hall–Kier alpha value is -1.33. The lowest BCUT2D eigenvalue weighted by Gasteiger charge is -2.18. The summed E-state index contributed by atoms with van der Waals surface area (Å²) < 4.78 is 8.32. The lowest BCUT2D eigenvalue weighted by Crippen LogP contribution is -2.19. The number of benzene rings is 1. The molecule has 1 aromatic carbocycles. The predicted molar refractivity (Wildman–Crippen MR) is 84.0 cm³/mol. The summed E-state index contributed by atoms with van der Waals surface area (Å²) >= 11 is 3.55. The van der Waals surface area contributed by atoms with Gasteiger partial charge in [0.1, 0.15) is 5.75 Å². The van der Waals surface area contributed by atoms with Crippen LogP contribution in [-0.2, 0) is 6.54 Å². The summed E-state index contributed by atoms with van der Waals surface area (Å²) in [4.78, 5) is 0. The molecule has 1 aromatic heterocycles. The van der Waals surface area contributed by atoms with Crippen LogP contribution in [0.3, 0.4) is 0 Å². The van der Waals surface area contributed by atoms with E-state index in [1.807, 2.05) is 23.7 Å². The maximum atomic E-state index is 6.47. The Kier molecular flexibility index (Phi) is 4.83. The lowest BCUT2D eigenvalue weighted by atomic mass is 10.0. The van der Waals surface area contributed by atoms with E-state index in [9.17, 15) is 0 Å². The molecule has 0 aliphatic carbocycles. The molecule has 0 aliphatic rings. The molecule has 0 aliphatic heterocycles. The van der Waals surface area contributed by atoms with Crippen molar-refractivity contribution in [3.8, 4) is 5.75 Å². The lowest BCUT2D eigenvalue weighted by molar-refractivity contribution is 0.406. The van der Waals surface area contributed by atoms with Crippen LogP contribution in [-0.4, -0.2) is 16.9 Å². The molecule has 1 heterocycles. The predicted octanol–water partition coefficient (Wildman–Crippen LogP) is 3.42. The molecule has 0 fully saturated rings. The van der Waals surface area contributed by atoms with Crippen LogP contribution < -0.4 is 10.5 Å². The van der Waals surface area contributed by atoms with Crippen molar-refractivity contribution in [1.82, 2.24) is 9.78 Å². The fourth-order valence-electron chi connectivity index (χ4n) is 2.32. The zero-order valence-electron chi connectivity index (χ0n) is 12.1. The van der Waals surface area contributed by atoms with Crippen molar-refractivity contribution in [1.29, 1.82) is 0 Å². The molecule has 0 saturated carbocycles. The van der Waals surface area contributed by atoms with Crippen LogP contribution in [0.5, 0.6) is 5.75 Å². The van der Waals surface area contributed by atoms with Gasteiger partial charge in [-0.15, -0.1) is 0 Å². The number of halogens is 1. The minimum atomic E-state index is -0.270. The Labute approximate surface area is 128 Å². The van der Waals surface area contributed by atoms with Crippen molar-refractivity contribution in [3.05, 3.63) is 45.7 Å². The molecule has 1 atom stereocenters. The average molecular weight is 338 g/mol. The highest BCUT2D eigenvalue weighted by atomic mass is 79.9. The average Bonchev–Trinajstić information content (AvgIpc) is 2.79. The van der Waals surface area contributed by atoms with E-state index in [-0.39, 0.29) is 6.04 Å². The van der Waals surface area contributed by atoms with Crippen LogP contribution in [0.4, 0.5) is 0 Å². The maximum Gasteiger partial charge on any atom is 0.124 e. The molecule has 0 amide bonds. The topological polar surface area (TPSA) is 53.1 Å². The first-order valence-electron chi connectivity index (χ1n) is 6.69. The Morgan fingerprint density at radius 1 is 1.45 bits per heavy atom. The third-order valence-corrected chi connectivity index (χ3v) is 3.89. The van der Waals surface area contributed by atoms with Crippen molar-refractivity contribution in [2.24, 2.45) is 5.73 Å². The minimum absolute atomic E-state index is 0.270. The Bertz CT molecular complexity index is 595. The van der Waals surface area contributed by atoms with Crippen LogP contribution in [0.1, 0.15) is 36.2 Å². The first-order valence-corrected chi connectivity index (χ1v) is 7.49. The van der Waals surface area contributed by atoms with Crippen molar-refractivity contribution in [2.45, 2.75) is 32.9 Å². The van der Waals surface area contributed by atoms with Crippen LogP contribution in [0.2, 0.25) is 0 Å². The SMILES string of the molecule is CCCn1ncc(Br)c1C(N)c1cc(C)ccc1OC. The van der Waals surface area contributed by atoms with Gasteiger partial charge in [0.05, 0.1) is 29.5 Å². The van der Waals surface area contributed by atoms with Gasteiger partial charge in [-0.2, -0.15) is 5.10 Å². The number of nitrogens with zero attached hydrogens (tertiary/aromatic N) is 2. The minimum Gasteiger partial charge on any atom is -0.496 e. The molecule has 5 heteroatoms. The third kappa shape index (κ3) is 2.88. The largest absolute Gasteiger partial charge is 0.496 e. The van der Waals surface area contributed by atoms with Gasteiger partial charge in [0.25, 0.3) is 0 Å². The standard InChI is InChI=1S/C15H20BrN3O/c1-4-7-19-15(12(16)9-18-19)14(17)11-8-10(2)5-6-13(11)20-3/h5-6,8-9,14H,4,7,17H2,1-3H3. The molecule has 0 spiro atoms. The van der Waals surface area contributed by atoms with Gasteiger partial charge < -0.3 is 10.5 Å². The van der Waals surface area contributed by atoms with Gasteiger partial charge in [-0.05, 0) is 35.3 Å². The normalized spacial score (nSPS) is 12.4. The van der Waals surface area contributed by atoms with E-state index in [4.69, 9.17) is 10.5 Å². The van der Waals surface area contributed by atoms with E-state index in [0.29, 0.717) is 0 Å². The third-order valence-electron chi connectivity index (χ3n) is 3.28. The zero-order valence-corrected chi connectivity index (χ0v) is 13.6. The highest BCUT2D eigenvalue weighted by Crippen LogP contribution is 2.32. The fourth-order valence-corrected chi connectivity index (χ4v) is 2.86. The van der Waals surface area contributed by atoms with Gasteiger partial charge in [-0.3, -0.25) is 4.68 Å². The number of aryl methyl sites for hydroxylation is 2. The van der Waals surface area contributed by atoms with Crippen molar-refractivity contribution in [3.63, 3.8) is 0 Å². The first-order chi connectivity index (χ1) is 9.58. The molecule has 4 nitrogen and oxygen atoms in total. The summed E-state index contributed by atoms with van der Waals surface area (Å²) in [5.41, 5.74) is 9.59. The molecule has 1 unspecified atom stereocenters. The molecule has 0 bridgehead atoms. The van der Waals surface area contributed by atoms with Crippen molar-refractivity contribution >= 4 is 15.9 Å². The van der Waals surface area contributed by atoms with E-state index in [2.05, 4.69) is 34.0 Å². The molecule has 108 valence electrons. The van der Waals surface area contributed by atoms with E-state index in [1.54, 1.807) is 13.3 Å². The first kappa shape index (κ1) is 15.1. The van der Waals surface area contributed by atoms with Gasteiger partial charge in [-0.1, -0.05) is 24.6 Å². The van der Waals surface area contributed by atoms with Gasteiger partial charge >= 0.3 is 0 Å². The van der Waals surface area contributed by atoms with Gasteiger partial charge in [0, 0.05) is 12.1 Å². The van der Waals surface area contributed by atoms with E-state index in [0.717, 1.165) is 40.0 Å². The quantitative estimate of drug-likeness (QED) is 0.909. The van der Waals surface area contributed by atoms with E-state index >= 15 is 0 Å². The second-order valence-electron chi connectivity index (χ2n) is 4.82. The number of aromatic nitrogens is 2. The Morgan fingerprint density at radius 2 is 2.20 bits per heavy atom. The smallest absolute Gasteiger partial charge is 0.124 e. The number of hydrogen-bond acceptors (Lipinski definition) is 3. The number of rotatable bonds is 5. The van der Waals surface area contributed by atoms with Crippen molar-refractivity contribution in [2.75, 3.05) is 7.11 Å². The number of nitrogens with two attached hydrogens (primary N) is 1. The summed E-state index contributed by atoms with van der Waals surface area (Å²) in [6, 6.07) is 5.78. The van der Waals surface area contributed by atoms with E-state index in [1.165, 1.54) is 0 Å². The summed E-state index contributed by atoms with van der Waals surface area (Å²) in [7, 11) is 1.67. The number of ether oxygens (including phenoxy) is 1. The van der Waals surface area contributed by atoms with Crippen LogP contribution in [0, 0.1) is 6.92 Å². The van der Waals surface area contributed by atoms with Crippen LogP contribution in [0.15, 0.2) is 28.9 Å². The molecule has 0 radical (unpaired) electrons. The zero-order chi connectivity index (χ0) is 14.7. The monoisotopic (exact) mass is 337 g/mol. The highest BCUT2D eigenvalue weighted by molar-refractivity contribution is 9.10. The molecule has 2 aromatic rings. The van der Waals surface area contributed by atoms with Gasteiger partial charge in [0.15, 0.2) is 0 Å². The summed E-state index contributed by atoms with van der Waals surface area (Å²) in [6.07, 6.45) is 2.81. The molecule has 2 N–H and O–H groups in total.